The second kappa shape index (κ2) is 11.8. The number of aliphatic hydroxyl groups excluding tert-OH is 1. The summed E-state index contributed by atoms with van der Waals surface area (Å²) < 4.78 is 6.21. The van der Waals surface area contributed by atoms with Gasteiger partial charge in [-0.2, -0.15) is 0 Å². The summed E-state index contributed by atoms with van der Waals surface area (Å²) in [6, 6.07) is 17.0. The van der Waals surface area contributed by atoms with E-state index in [0.717, 1.165) is 16.8 Å². The minimum atomic E-state index is -1.000. The Morgan fingerprint density at radius 2 is 1.56 bits per heavy atom. The first-order valence-corrected chi connectivity index (χ1v) is 15.6. The molecule has 0 radical (unpaired) electrons. The monoisotopic (exact) mass is 622 g/mol. The van der Waals surface area contributed by atoms with Crippen molar-refractivity contribution >= 4 is 35.1 Å². The van der Waals surface area contributed by atoms with Crippen LogP contribution < -0.4 is 4.74 Å². The van der Waals surface area contributed by atoms with Gasteiger partial charge in [0.25, 0.3) is 0 Å². The Balaban J connectivity index is 1.79. The van der Waals surface area contributed by atoms with E-state index in [2.05, 4.69) is 34.6 Å². The average Bonchev–Trinajstić information content (AvgIpc) is 3.21. The molecule has 1 fully saturated rings. The third-order valence-corrected chi connectivity index (χ3v) is 9.35. The molecule has 2 unspecified atom stereocenters. The molecule has 2 amide bonds. The van der Waals surface area contributed by atoms with E-state index in [-0.39, 0.29) is 11.4 Å². The number of hydrogen-bond donors (Lipinski definition) is 1. The molecule has 1 saturated heterocycles. The molecule has 2 aliphatic rings. The van der Waals surface area contributed by atoms with Crippen LogP contribution in [0.5, 0.6) is 5.75 Å². The van der Waals surface area contributed by atoms with Crippen molar-refractivity contribution in [1.82, 2.24) is 14.8 Å². The van der Waals surface area contributed by atoms with Gasteiger partial charge in [0.2, 0.25) is 0 Å². The van der Waals surface area contributed by atoms with Crippen LogP contribution in [-0.2, 0) is 16.5 Å². The van der Waals surface area contributed by atoms with E-state index in [4.69, 9.17) is 37.9 Å². The van der Waals surface area contributed by atoms with Crippen molar-refractivity contribution in [2.45, 2.75) is 77.0 Å². The molecule has 7 nitrogen and oxygen atoms in total. The number of carbonyl (C=O) groups excluding carboxylic acids is 1. The lowest BCUT2D eigenvalue weighted by Gasteiger charge is -2.47. The second-order valence-electron chi connectivity index (χ2n) is 12.7. The van der Waals surface area contributed by atoms with Crippen molar-refractivity contribution in [1.29, 1.82) is 0 Å². The van der Waals surface area contributed by atoms with Crippen LogP contribution in [0.3, 0.4) is 0 Å². The number of rotatable bonds is 5. The summed E-state index contributed by atoms with van der Waals surface area (Å²) in [5.74, 6) is 1.09. The van der Waals surface area contributed by atoms with Crippen LogP contribution in [0.15, 0.2) is 65.8 Å². The molecular formula is C34H40Cl2N4O3. The van der Waals surface area contributed by atoms with Crippen molar-refractivity contribution < 1.29 is 14.6 Å². The van der Waals surface area contributed by atoms with E-state index in [1.54, 1.807) is 16.0 Å². The fourth-order valence-electron chi connectivity index (χ4n) is 6.06. The zero-order valence-corrected chi connectivity index (χ0v) is 27.2. The number of carbonyl (C=O) groups is 1. The number of benzene rings is 2. The first-order valence-electron chi connectivity index (χ1n) is 14.8. The van der Waals surface area contributed by atoms with Gasteiger partial charge >= 0.3 is 6.03 Å². The average molecular weight is 624 g/mol. The number of ether oxygens (including phenoxy) is 1. The van der Waals surface area contributed by atoms with E-state index in [9.17, 15) is 9.90 Å². The van der Waals surface area contributed by atoms with E-state index in [1.807, 2.05) is 61.5 Å². The number of aliphatic imine (C=N–C) groups is 1. The fourth-order valence-corrected chi connectivity index (χ4v) is 6.31. The molecule has 3 heterocycles. The van der Waals surface area contributed by atoms with E-state index in [0.29, 0.717) is 59.7 Å². The number of likely N-dealkylation sites (tertiary alicyclic amines) is 1. The van der Waals surface area contributed by atoms with E-state index < -0.39 is 17.2 Å². The van der Waals surface area contributed by atoms with Gasteiger partial charge in [0.1, 0.15) is 22.7 Å². The lowest BCUT2D eigenvalue weighted by atomic mass is 9.71. The highest BCUT2D eigenvalue weighted by Gasteiger charge is 2.60. The Kier molecular flexibility index (Phi) is 8.55. The van der Waals surface area contributed by atoms with Crippen LogP contribution in [0.2, 0.25) is 10.0 Å². The van der Waals surface area contributed by atoms with Gasteiger partial charge in [-0.25, -0.2) is 4.79 Å². The molecule has 0 aliphatic carbocycles. The molecule has 0 bridgehead atoms. The molecule has 1 N–H and O–H groups in total. The SMILES string of the molecule is CCOc1cc(C(C)(C)C)ncc1C1=NC(C)(c2ccc(Cl)cc2)C(C)(c2ccc(Cl)cc2)N1C(=O)N1CCC(O)CC1. The number of hydrogen-bond acceptors (Lipinski definition) is 5. The minimum absolute atomic E-state index is 0.192. The Morgan fingerprint density at radius 1 is 1.00 bits per heavy atom. The molecule has 9 heteroatoms. The third-order valence-electron chi connectivity index (χ3n) is 8.85. The first kappa shape index (κ1) is 31.3. The fraction of sp³-hybridized carbons (Fsp3) is 0.441. The van der Waals surface area contributed by atoms with Crippen molar-refractivity contribution in [3.05, 3.63) is 93.2 Å². The quantitative estimate of drug-likeness (QED) is 0.318. The first-order chi connectivity index (χ1) is 20.3. The van der Waals surface area contributed by atoms with Crippen LogP contribution in [0.25, 0.3) is 0 Å². The van der Waals surface area contributed by atoms with E-state index in [1.165, 1.54) is 0 Å². The number of urea groups is 1. The normalized spacial score (nSPS) is 23.0. The Labute approximate surface area is 264 Å². The number of nitrogens with zero attached hydrogens (tertiary/aromatic N) is 4. The largest absolute Gasteiger partial charge is 0.493 e. The molecule has 43 heavy (non-hydrogen) atoms. The number of amidine groups is 1. The van der Waals surface area contributed by atoms with Crippen molar-refractivity contribution in [2.75, 3.05) is 19.7 Å². The van der Waals surface area contributed by atoms with Crippen LogP contribution in [0.4, 0.5) is 4.79 Å². The summed E-state index contributed by atoms with van der Waals surface area (Å²) in [7, 11) is 0. The lowest BCUT2D eigenvalue weighted by Crippen LogP contribution is -2.59. The molecular weight excluding hydrogens is 583 g/mol. The molecule has 5 rings (SSSR count). The van der Waals surface area contributed by atoms with Gasteiger partial charge in [0.05, 0.1) is 18.3 Å². The van der Waals surface area contributed by atoms with Crippen molar-refractivity contribution in [3.8, 4) is 5.75 Å². The number of piperidine rings is 1. The Hall–Kier alpha value is -3.13. The molecule has 228 valence electrons. The number of halogens is 2. The zero-order chi connectivity index (χ0) is 31.2. The Bertz CT molecular complexity index is 1510. The van der Waals surface area contributed by atoms with Gasteiger partial charge in [0.15, 0.2) is 0 Å². The minimum Gasteiger partial charge on any atom is -0.493 e. The second-order valence-corrected chi connectivity index (χ2v) is 13.6. The Morgan fingerprint density at radius 3 is 2.09 bits per heavy atom. The van der Waals surface area contributed by atoms with Crippen molar-refractivity contribution in [2.24, 2.45) is 4.99 Å². The molecule has 2 aromatic carbocycles. The molecule has 2 aliphatic heterocycles. The van der Waals surface area contributed by atoms with Gasteiger partial charge in [-0.1, -0.05) is 68.2 Å². The van der Waals surface area contributed by atoms with Gasteiger partial charge in [0, 0.05) is 46.5 Å². The summed E-state index contributed by atoms with van der Waals surface area (Å²) in [5, 5.41) is 11.4. The molecule has 3 aromatic rings. The predicted octanol–water partition coefficient (Wildman–Crippen LogP) is 7.55. The molecule has 0 spiro atoms. The summed E-state index contributed by atoms with van der Waals surface area (Å²) in [5.41, 5.74) is 1.13. The van der Waals surface area contributed by atoms with Crippen LogP contribution in [-0.4, -0.2) is 57.6 Å². The summed E-state index contributed by atoms with van der Waals surface area (Å²) in [6.45, 7) is 13.7. The van der Waals surface area contributed by atoms with Gasteiger partial charge in [-0.3, -0.25) is 14.9 Å². The van der Waals surface area contributed by atoms with Gasteiger partial charge in [-0.15, -0.1) is 0 Å². The van der Waals surface area contributed by atoms with Crippen LogP contribution in [0, 0.1) is 0 Å². The highest BCUT2D eigenvalue weighted by Crippen LogP contribution is 2.54. The summed E-state index contributed by atoms with van der Waals surface area (Å²) >= 11 is 12.7. The third kappa shape index (κ3) is 5.63. The maximum Gasteiger partial charge on any atom is 0.326 e. The number of aromatic nitrogens is 1. The van der Waals surface area contributed by atoms with Gasteiger partial charge < -0.3 is 14.7 Å². The number of pyridine rings is 1. The number of aliphatic hydroxyl groups is 1. The molecule has 1 aromatic heterocycles. The maximum absolute atomic E-state index is 14.8. The smallest absolute Gasteiger partial charge is 0.326 e. The molecule has 0 saturated carbocycles. The zero-order valence-electron chi connectivity index (χ0n) is 25.7. The van der Waals surface area contributed by atoms with Crippen molar-refractivity contribution in [3.63, 3.8) is 0 Å². The highest BCUT2D eigenvalue weighted by atomic mass is 35.5. The summed E-state index contributed by atoms with van der Waals surface area (Å²) in [6.07, 6.45) is 2.39. The highest BCUT2D eigenvalue weighted by molar-refractivity contribution is 6.30. The van der Waals surface area contributed by atoms with E-state index >= 15 is 0 Å². The maximum atomic E-state index is 14.8. The topological polar surface area (TPSA) is 78.3 Å². The molecule has 2 atom stereocenters. The predicted molar refractivity (Wildman–Crippen MR) is 172 cm³/mol. The van der Waals surface area contributed by atoms with Crippen LogP contribution in [0.1, 0.15) is 76.8 Å². The van der Waals surface area contributed by atoms with Gasteiger partial charge in [-0.05, 0) is 69.0 Å². The lowest BCUT2D eigenvalue weighted by molar-refractivity contribution is 0.0689. The standard InChI is InChI=1S/C34H40Cl2N4O3/c1-7-43-28-20-29(32(2,3)4)37-21-27(28)30-38-33(5,22-8-12-24(35)13-9-22)34(6,23-10-14-25(36)15-11-23)40(30)31(42)39-18-16-26(41)17-19-39/h8-15,20-21,26,41H,7,16-19H2,1-6H3. The number of amides is 2. The summed E-state index contributed by atoms with van der Waals surface area (Å²) in [4.78, 5) is 28.7. The van der Waals surface area contributed by atoms with Crippen LogP contribution >= 0.6 is 23.2 Å².